The molecule has 1 spiro atoms. The van der Waals surface area contributed by atoms with E-state index in [0.29, 0.717) is 29.1 Å². The average molecular weight is 465 g/mol. The minimum atomic E-state index is -1.30. The Labute approximate surface area is 190 Å². The average Bonchev–Trinajstić information content (AvgIpc) is 3.39. The molecule has 7 nitrogen and oxygen atoms in total. The number of benzene rings is 1. The number of halogens is 1. The van der Waals surface area contributed by atoms with Gasteiger partial charge in [0.05, 0.1) is 23.0 Å². The Bertz CT molecular complexity index is 982. The molecule has 0 aliphatic carbocycles. The van der Waals surface area contributed by atoms with Gasteiger partial charge >= 0.3 is 11.9 Å². The van der Waals surface area contributed by atoms with Gasteiger partial charge in [0.1, 0.15) is 6.10 Å². The van der Waals surface area contributed by atoms with Crippen LogP contribution in [0.25, 0.3) is 0 Å². The summed E-state index contributed by atoms with van der Waals surface area (Å²) in [6, 6.07) is 7.37. The molecule has 2 aromatic rings. The normalized spacial score (nSPS) is 27.5. The predicted octanol–water partition coefficient (Wildman–Crippen LogP) is 4.82. The molecule has 0 amide bonds. The Hall–Kier alpha value is -2.16. The fourth-order valence-corrected chi connectivity index (χ4v) is 5.05. The lowest BCUT2D eigenvalue weighted by Gasteiger charge is -2.20. The van der Waals surface area contributed by atoms with E-state index in [4.69, 9.17) is 25.8 Å². The molecular weight excluding hydrogens is 440 g/mol. The van der Waals surface area contributed by atoms with Gasteiger partial charge in [0, 0.05) is 24.8 Å². The van der Waals surface area contributed by atoms with Crippen molar-refractivity contribution in [1.29, 1.82) is 0 Å². The zero-order valence-corrected chi connectivity index (χ0v) is 19.1. The number of rotatable bonds is 8. The minimum absolute atomic E-state index is 0.193. The maximum Gasteiger partial charge on any atom is 0.324 e. The second kappa shape index (κ2) is 8.76. The van der Waals surface area contributed by atoms with Crippen LogP contribution >= 0.6 is 22.9 Å². The van der Waals surface area contributed by atoms with Gasteiger partial charge < -0.3 is 19.5 Å². The molecule has 0 bridgehead atoms. The highest BCUT2D eigenvalue weighted by Crippen LogP contribution is 2.52. The summed E-state index contributed by atoms with van der Waals surface area (Å²) < 4.78 is 16.8. The number of nitrogens with zero attached hydrogens (tertiary/aromatic N) is 1. The molecular formula is C22H25ClN2O5S. The summed E-state index contributed by atoms with van der Waals surface area (Å²) in [7, 11) is 0. The van der Waals surface area contributed by atoms with E-state index in [1.54, 1.807) is 13.0 Å². The van der Waals surface area contributed by atoms with Gasteiger partial charge in [-0.2, -0.15) is 0 Å². The highest BCUT2D eigenvalue weighted by atomic mass is 35.5. The zero-order chi connectivity index (χ0) is 22.1. The van der Waals surface area contributed by atoms with Crippen LogP contribution in [-0.4, -0.2) is 36.2 Å². The minimum Gasteiger partial charge on any atom is -0.459 e. The van der Waals surface area contributed by atoms with Gasteiger partial charge in [-0.1, -0.05) is 37.1 Å². The van der Waals surface area contributed by atoms with E-state index < -0.39 is 29.1 Å². The van der Waals surface area contributed by atoms with Crippen molar-refractivity contribution in [3.05, 3.63) is 40.4 Å². The summed E-state index contributed by atoms with van der Waals surface area (Å²) in [6.45, 7) is 4.77. The third-order valence-corrected chi connectivity index (χ3v) is 6.78. The molecule has 2 aliphatic heterocycles. The van der Waals surface area contributed by atoms with Gasteiger partial charge in [-0.25, -0.2) is 4.98 Å². The molecule has 0 saturated carbocycles. The van der Waals surface area contributed by atoms with Crippen LogP contribution in [0.3, 0.4) is 0 Å². The highest BCUT2D eigenvalue weighted by Gasteiger charge is 2.65. The van der Waals surface area contributed by atoms with Crippen LogP contribution in [0.2, 0.25) is 5.02 Å². The number of aromatic nitrogens is 1. The van der Waals surface area contributed by atoms with E-state index in [2.05, 4.69) is 17.2 Å². The lowest BCUT2D eigenvalue weighted by Crippen LogP contribution is -2.32. The van der Waals surface area contributed by atoms with Crippen molar-refractivity contribution in [2.45, 2.75) is 51.2 Å². The molecule has 166 valence electrons. The number of unbranched alkanes of at least 4 members (excludes halogenated alkanes) is 1. The number of carbonyl (C=O) groups is 2. The Morgan fingerprint density at radius 1 is 1.32 bits per heavy atom. The Balaban J connectivity index is 1.46. The number of esters is 2. The van der Waals surface area contributed by atoms with Crippen molar-refractivity contribution in [3.8, 4) is 0 Å². The summed E-state index contributed by atoms with van der Waals surface area (Å²) in [6.07, 6.45) is 1.99. The van der Waals surface area contributed by atoms with E-state index in [0.717, 1.165) is 18.5 Å². The number of cyclic esters (lactones) is 2. The van der Waals surface area contributed by atoms with Gasteiger partial charge in [-0.05, 0) is 25.5 Å². The fraction of sp³-hybridized carbons (Fsp3) is 0.500. The third kappa shape index (κ3) is 4.29. The van der Waals surface area contributed by atoms with Crippen molar-refractivity contribution in [3.63, 3.8) is 0 Å². The Kier molecular flexibility index (Phi) is 6.23. The molecule has 0 unspecified atom stereocenters. The maximum atomic E-state index is 12.8. The Morgan fingerprint density at radius 3 is 2.90 bits per heavy atom. The summed E-state index contributed by atoms with van der Waals surface area (Å²) in [5.41, 5.74) is -0.980. The number of hydrogen-bond donors (Lipinski definition) is 1. The number of carbonyl (C=O) groups excluding carboxylic acids is 2. The monoisotopic (exact) mass is 464 g/mol. The molecule has 9 heteroatoms. The van der Waals surface area contributed by atoms with E-state index in [-0.39, 0.29) is 12.8 Å². The second-order valence-corrected chi connectivity index (χ2v) is 9.45. The first-order valence-electron chi connectivity index (χ1n) is 10.4. The van der Waals surface area contributed by atoms with Crippen LogP contribution in [0, 0.1) is 5.41 Å². The van der Waals surface area contributed by atoms with Gasteiger partial charge in [-0.3, -0.25) is 9.59 Å². The van der Waals surface area contributed by atoms with Crippen LogP contribution in [0.4, 0.5) is 10.8 Å². The third-order valence-electron chi connectivity index (χ3n) is 5.70. The van der Waals surface area contributed by atoms with Gasteiger partial charge in [0.2, 0.25) is 0 Å². The van der Waals surface area contributed by atoms with Gasteiger partial charge in [0.25, 0.3) is 0 Å². The lowest BCUT2D eigenvalue weighted by atomic mass is 9.78. The van der Waals surface area contributed by atoms with E-state index in [1.165, 1.54) is 11.3 Å². The maximum absolute atomic E-state index is 12.8. The molecule has 2 fully saturated rings. The Morgan fingerprint density at radius 2 is 2.13 bits per heavy atom. The predicted molar refractivity (Wildman–Crippen MR) is 118 cm³/mol. The number of thiazole rings is 1. The summed E-state index contributed by atoms with van der Waals surface area (Å²) in [4.78, 5) is 30.1. The summed E-state index contributed by atoms with van der Waals surface area (Å²) in [5, 5.41) is 6.22. The van der Waals surface area contributed by atoms with Gasteiger partial charge in [-0.15, -0.1) is 11.3 Å². The lowest BCUT2D eigenvalue weighted by molar-refractivity contribution is -0.160. The van der Waals surface area contributed by atoms with Crippen LogP contribution in [0.15, 0.2) is 29.6 Å². The largest absolute Gasteiger partial charge is 0.459 e. The molecule has 3 heterocycles. The van der Waals surface area contributed by atoms with E-state index in [9.17, 15) is 9.59 Å². The number of nitrogens with one attached hydrogen (secondary N) is 1. The molecule has 1 aromatic carbocycles. The molecule has 3 atom stereocenters. The molecule has 1 N–H and O–H groups in total. The number of hydrogen-bond acceptors (Lipinski definition) is 8. The van der Waals surface area contributed by atoms with Crippen molar-refractivity contribution in [2.24, 2.45) is 5.41 Å². The van der Waals surface area contributed by atoms with Crippen molar-refractivity contribution < 1.29 is 23.8 Å². The van der Waals surface area contributed by atoms with E-state index in [1.807, 2.05) is 23.6 Å². The molecule has 1 aromatic heterocycles. The first-order valence-corrected chi connectivity index (χ1v) is 11.6. The quantitative estimate of drug-likeness (QED) is 0.340. The molecule has 0 radical (unpaired) electrons. The van der Waals surface area contributed by atoms with Crippen LogP contribution in [-0.2, 0) is 29.4 Å². The molecule has 2 aliphatic rings. The summed E-state index contributed by atoms with van der Waals surface area (Å²) >= 11 is 7.58. The van der Waals surface area contributed by atoms with Gasteiger partial charge in [0.15, 0.2) is 16.1 Å². The first kappa shape index (κ1) is 22.0. The zero-order valence-electron chi connectivity index (χ0n) is 17.5. The topological polar surface area (TPSA) is 86.8 Å². The number of ether oxygens (including phenoxy) is 3. The number of para-hydroxylation sites is 1. The first-order chi connectivity index (χ1) is 14.9. The van der Waals surface area contributed by atoms with Crippen LogP contribution < -0.4 is 5.32 Å². The van der Waals surface area contributed by atoms with Crippen molar-refractivity contribution in [1.82, 2.24) is 4.98 Å². The van der Waals surface area contributed by atoms with Crippen LogP contribution in [0.5, 0.6) is 0 Å². The number of anilines is 2. The molecule has 4 rings (SSSR count). The fourth-order valence-electron chi connectivity index (χ4n) is 4.02. The van der Waals surface area contributed by atoms with Crippen molar-refractivity contribution in [2.75, 3.05) is 18.5 Å². The molecule has 2 saturated heterocycles. The van der Waals surface area contributed by atoms with Crippen molar-refractivity contribution >= 4 is 45.7 Å². The van der Waals surface area contributed by atoms with Crippen LogP contribution in [0.1, 0.15) is 45.2 Å². The smallest absolute Gasteiger partial charge is 0.324 e. The standard InChI is InChI=1S/C22H25ClN2O5S/c1-3-4-9-28-11-14-10-22(18(26)29-14)13-21(2,30-19(22)27)17-12-31-20(25-17)24-16-8-6-5-7-15(16)23/h5-8,12,14H,3-4,9-11,13H2,1-2H3,(H,24,25)/t14-,21+,22+/m1/s1. The SMILES string of the molecule is CCCCOC[C@H]1C[C@]2(C[C@@](C)(c3csc(Nc4ccccc4Cl)n3)OC2=O)C(=O)O1. The second-order valence-electron chi connectivity index (χ2n) is 8.18. The highest BCUT2D eigenvalue weighted by molar-refractivity contribution is 7.13. The van der Waals surface area contributed by atoms with E-state index >= 15 is 0 Å². The molecule has 31 heavy (non-hydrogen) atoms. The summed E-state index contributed by atoms with van der Waals surface area (Å²) in [5.74, 6) is -1.08.